The van der Waals surface area contributed by atoms with E-state index >= 15 is 0 Å². The van der Waals surface area contributed by atoms with Crippen LogP contribution in [0.2, 0.25) is 0 Å². The molecule has 0 aliphatic rings. The summed E-state index contributed by atoms with van der Waals surface area (Å²) in [5.41, 5.74) is 0. The molecule has 1 radical (unpaired) electrons. The van der Waals surface area contributed by atoms with Crippen molar-refractivity contribution in [3.8, 4) is 0 Å². The maximum atomic E-state index is 11.5. The average Bonchev–Trinajstić information content (AvgIpc) is 2.73. The van der Waals surface area contributed by atoms with Crippen LogP contribution in [-0.2, 0) is 14.3 Å². The van der Waals surface area contributed by atoms with Crippen LogP contribution >= 0.6 is 0 Å². The zero-order valence-electron chi connectivity index (χ0n) is 19.7. The van der Waals surface area contributed by atoms with E-state index in [0.717, 1.165) is 12.8 Å². The molecule has 3 heteroatoms. The highest BCUT2D eigenvalue weighted by molar-refractivity contribution is 5.69. The van der Waals surface area contributed by atoms with Gasteiger partial charge in [0.25, 0.3) is 0 Å². The van der Waals surface area contributed by atoms with Crippen molar-refractivity contribution in [3.63, 3.8) is 0 Å². The second-order valence-corrected chi connectivity index (χ2v) is 8.82. The number of esters is 1. The van der Waals surface area contributed by atoms with Crippen LogP contribution in [0, 0.1) is 5.92 Å². The van der Waals surface area contributed by atoms with E-state index in [1.807, 2.05) is 6.29 Å². The molecule has 0 aliphatic heterocycles. The Morgan fingerprint density at radius 2 is 1.00 bits per heavy atom. The Morgan fingerprint density at radius 3 is 1.34 bits per heavy atom. The van der Waals surface area contributed by atoms with Gasteiger partial charge in [0.1, 0.15) is 6.61 Å². The first-order valence-corrected chi connectivity index (χ1v) is 12.7. The SMILES string of the molecule is CCCCCCCCCCCCCCCCCCCCCC(=O)OCC(C)[C]=O. The van der Waals surface area contributed by atoms with Gasteiger partial charge in [-0.3, -0.25) is 9.59 Å². The first-order valence-electron chi connectivity index (χ1n) is 12.7. The van der Waals surface area contributed by atoms with Crippen LogP contribution in [-0.4, -0.2) is 18.9 Å². The molecule has 0 rings (SSSR count). The van der Waals surface area contributed by atoms with Gasteiger partial charge in [0, 0.05) is 6.42 Å². The van der Waals surface area contributed by atoms with Crippen LogP contribution in [0.4, 0.5) is 0 Å². The summed E-state index contributed by atoms with van der Waals surface area (Å²) >= 11 is 0. The van der Waals surface area contributed by atoms with E-state index in [1.165, 1.54) is 109 Å². The molecule has 1 unspecified atom stereocenters. The third-order valence-corrected chi connectivity index (χ3v) is 5.68. The molecule has 3 nitrogen and oxygen atoms in total. The number of unbranched alkanes of at least 4 members (excludes halogenated alkanes) is 18. The summed E-state index contributed by atoms with van der Waals surface area (Å²) in [5.74, 6) is -0.497. The van der Waals surface area contributed by atoms with Gasteiger partial charge in [0.05, 0.1) is 5.92 Å². The fraction of sp³-hybridized carbons (Fsp3) is 0.923. The minimum Gasteiger partial charge on any atom is -0.465 e. The van der Waals surface area contributed by atoms with Gasteiger partial charge in [0.2, 0.25) is 6.29 Å². The van der Waals surface area contributed by atoms with Crippen molar-refractivity contribution in [1.29, 1.82) is 0 Å². The van der Waals surface area contributed by atoms with E-state index in [0.29, 0.717) is 6.42 Å². The second kappa shape index (κ2) is 23.4. The third-order valence-electron chi connectivity index (χ3n) is 5.68. The lowest BCUT2D eigenvalue weighted by atomic mass is 10.0. The Hall–Kier alpha value is -0.860. The van der Waals surface area contributed by atoms with E-state index < -0.39 is 0 Å². The molecule has 0 spiro atoms. The smallest absolute Gasteiger partial charge is 0.305 e. The molecule has 0 saturated carbocycles. The van der Waals surface area contributed by atoms with Gasteiger partial charge in [-0.1, -0.05) is 129 Å². The van der Waals surface area contributed by atoms with Gasteiger partial charge in [-0.25, -0.2) is 0 Å². The highest BCUT2D eigenvalue weighted by atomic mass is 16.5. The van der Waals surface area contributed by atoms with E-state index in [2.05, 4.69) is 6.92 Å². The number of rotatable bonds is 23. The summed E-state index contributed by atoms with van der Waals surface area (Å²) < 4.78 is 5.03. The zero-order chi connectivity index (χ0) is 21.4. The summed E-state index contributed by atoms with van der Waals surface area (Å²) in [6, 6.07) is 0. The number of carbonyl (C=O) groups excluding carboxylic acids is 2. The van der Waals surface area contributed by atoms with Crippen LogP contribution in [0.3, 0.4) is 0 Å². The Morgan fingerprint density at radius 1 is 0.655 bits per heavy atom. The van der Waals surface area contributed by atoms with Gasteiger partial charge in [-0.05, 0) is 6.42 Å². The number of hydrogen-bond donors (Lipinski definition) is 0. The molecule has 0 amide bonds. The highest BCUT2D eigenvalue weighted by Crippen LogP contribution is 2.14. The maximum absolute atomic E-state index is 11.5. The van der Waals surface area contributed by atoms with Gasteiger partial charge < -0.3 is 4.74 Å². The molecule has 1 atom stereocenters. The lowest BCUT2D eigenvalue weighted by Gasteiger charge is -2.06. The zero-order valence-corrected chi connectivity index (χ0v) is 19.7. The predicted molar refractivity (Wildman–Crippen MR) is 124 cm³/mol. The Balaban J connectivity index is 3.11. The minimum atomic E-state index is -0.316. The minimum absolute atomic E-state index is 0.168. The normalized spacial score (nSPS) is 12.1. The quantitative estimate of drug-likeness (QED) is 0.126. The Labute approximate surface area is 181 Å². The van der Waals surface area contributed by atoms with Crippen LogP contribution in [0.15, 0.2) is 0 Å². The van der Waals surface area contributed by atoms with E-state index in [1.54, 1.807) is 6.92 Å². The Kier molecular flexibility index (Phi) is 22.7. The van der Waals surface area contributed by atoms with E-state index in [-0.39, 0.29) is 18.5 Å². The van der Waals surface area contributed by atoms with Crippen molar-refractivity contribution < 1.29 is 14.3 Å². The predicted octanol–water partition coefficient (Wildman–Crippen LogP) is 8.10. The molecule has 0 aromatic carbocycles. The van der Waals surface area contributed by atoms with E-state index in [4.69, 9.17) is 4.74 Å². The van der Waals surface area contributed by atoms with Crippen LogP contribution in [0.25, 0.3) is 0 Å². The first-order chi connectivity index (χ1) is 14.2. The molecule has 0 N–H and O–H groups in total. The van der Waals surface area contributed by atoms with Gasteiger partial charge >= 0.3 is 5.97 Å². The van der Waals surface area contributed by atoms with Crippen molar-refractivity contribution in [2.75, 3.05) is 6.61 Å². The van der Waals surface area contributed by atoms with Gasteiger partial charge in [0.15, 0.2) is 0 Å². The maximum Gasteiger partial charge on any atom is 0.305 e. The summed E-state index contributed by atoms with van der Waals surface area (Å²) in [4.78, 5) is 21.8. The molecule has 29 heavy (non-hydrogen) atoms. The molecule has 0 bridgehead atoms. The molecule has 0 fully saturated rings. The Bertz CT molecular complexity index is 354. The summed E-state index contributed by atoms with van der Waals surface area (Å²) in [6.07, 6.45) is 28.0. The summed E-state index contributed by atoms with van der Waals surface area (Å²) in [7, 11) is 0. The molecule has 171 valence electrons. The molecular weight excluding hydrogens is 360 g/mol. The molecule has 0 saturated heterocycles. The van der Waals surface area contributed by atoms with E-state index in [9.17, 15) is 9.59 Å². The van der Waals surface area contributed by atoms with Gasteiger partial charge in [-0.15, -0.1) is 0 Å². The van der Waals surface area contributed by atoms with Crippen LogP contribution in [0.5, 0.6) is 0 Å². The largest absolute Gasteiger partial charge is 0.465 e. The van der Waals surface area contributed by atoms with Crippen molar-refractivity contribution >= 4 is 12.3 Å². The topological polar surface area (TPSA) is 43.4 Å². The van der Waals surface area contributed by atoms with Crippen LogP contribution in [0.1, 0.15) is 142 Å². The number of ether oxygens (including phenoxy) is 1. The third kappa shape index (κ3) is 23.3. The molecule has 0 aromatic rings. The number of carbonyl (C=O) groups is 1. The molecule has 0 aliphatic carbocycles. The van der Waals surface area contributed by atoms with Crippen molar-refractivity contribution in [3.05, 3.63) is 0 Å². The average molecular weight is 410 g/mol. The second-order valence-electron chi connectivity index (χ2n) is 8.82. The van der Waals surface area contributed by atoms with Crippen LogP contribution < -0.4 is 0 Å². The molecular formula is C26H49O3. The van der Waals surface area contributed by atoms with Crippen molar-refractivity contribution in [2.24, 2.45) is 5.92 Å². The van der Waals surface area contributed by atoms with Crippen molar-refractivity contribution in [1.82, 2.24) is 0 Å². The first kappa shape index (κ1) is 28.1. The monoisotopic (exact) mass is 409 g/mol. The lowest BCUT2D eigenvalue weighted by molar-refractivity contribution is -0.144. The fourth-order valence-corrected chi connectivity index (χ4v) is 3.67. The molecule has 0 heterocycles. The van der Waals surface area contributed by atoms with Gasteiger partial charge in [-0.2, -0.15) is 0 Å². The highest BCUT2D eigenvalue weighted by Gasteiger charge is 2.06. The lowest BCUT2D eigenvalue weighted by Crippen LogP contribution is -2.12. The summed E-state index contributed by atoms with van der Waals surface area (Å²) in [6.45, 7) is 4.16. The number of hydrogen-bond acceptors (Lipinski definition) is 3. The standard InChI is InChI=1S/C26H49O3/c1-3-4-5-6-7-8-9-10-11-12-13-14-15-16-17-18-19-20-21-22-26(28)29-24-25(2)23-27/h25H,3-22,24H2,1-2H3. The molecule has 0 aromatic heterocycles. The summed E-state index contributed by atoms with van der Waals surface area (Å²) in [5, 5.41) is 0. The van der Waals surface area contributed by atoms with Crippen molar-refractivity contribution in [2.45, 2.75) is 142 Å². The fourth-order valence-electron chi connectivity index (χ4n) is 3.67.